The quantitative estimate of drug-likeness (QED) is 0.149. The fraction of sp³-hybridized carbons (Fsp3) is 0.826. The number of nitrogens with zero attached hydrogens (tertiary/aromatic N) is 1. The number of amides is 1. The van der Waals surface area contributed by atoms with E-state index in [0.717, 1.165) is 0 Å². The van der Waals surface area contributed by atoms with E-state index in [4.69, 9.17) is 28.4 Å². The van der Waals surface area contributed by atoms with Crippen LogP contribution < -0.4 is 10.0 Å². The predicted molar refractivity (Wildman–Crippen MR) is 241 cm³/mol. The van der Waals surface area contributed by atoms with Gasteiger partial charge in [-0.15, -0.1) is 0 Å². The van der Waals surface area contributed by atoms with Crippen LogP contribution in [0.4, 0.5) is 5.69 Å². The van der Waals surface area contributed by atoms with Gasteiger partial charge in [0.2, 0.25) is 15.9 Å². The zero-order valence-electron chi connectivity index (χ0n) is 40.8. The molecule has 3 fully saturated rings. The monoisotopic (exact) mass is 946 g/mol. The highest BCUT2D eigenvalue weighted by Gasteiger charge is 2.54. The molecule has 1 aromatic rings. The van der Waals surface area contributed by atoms with Gasteiger partial charge in [-0.1, -0.05) is 34.6 Å². The number of hydrogen-bond acceptors (Lipinski definition) is 16. The van der Waals surface area contributed by atoms with Crippen molar-refractivity contribution < 1.29 is 72.0 Å². The zero-order valence-corrected chi connectivity index (χ0v) is 41.6. The van der Waals surface area contributed by atoms with Crippen molar-refractivity contribution in [3.8, 4) is 0 Å². The third kappa shape index (κ3) is 12.6. The maximum absolute atomic E-state index is 14.5. The van der Waals surface area contributed by atoms with Crippen molar-refractivity contribution in [2.45, 2.75) is 203 Å². The summed E-state index contributed by atoms with van der Waals surface area (Å²) < 4.78 is 69.0. The average Bonchev–Trinajstić information content (AvgIpc) is 3.23. The Balaban J connectivity index is 1.89. The van der Waals surface area contributed by atoms with Gasteiger partial charge >= 0.3 is 5.97 Å². The van der Waals surface area contributed by atoms with Gasteiger partial charge < -0.3 is 64.2 Å². The van der Waals surface area contributed by atoms with Gasteiger partial charge in [0.05, 0.1) is 52.5 Å². The molecule has 19 heteroatoms. The Bertz CT molecular complexity index is 1840. The number of ether oxygens (including phenoxy) is 6. The number of likely N-dealkylation sites (N-methyl/N-ethyl adjacent to an activating group) is 1. The molecule has 0 aromatic heterocycles. The third-order valence-corrected chi connectivity index (χ3v) is 15.6. The normalized spacial score (nSPS) is 42.8. The molecule has 18 nitrogen and oxygen atoms in total. The smallest absolute Gasteiger partial charge is 0.311 e. The largest absolute Gasteiger partial charge is 0.459 e. The van der Waals surface area contributed by atoms with Crippen LogP contribution in [0.1, 0.15) is 108 Å². The van der Waals surface area contributed by atoms with Gasteiger partial charge in [0.1, 0.15) is 23.9 Å². The number of sulfonamides is 1. The number of aliphatic hydroxyl groups excluding tert-OH is 3. The molecule has 374 valence electrons. The summed E-state index contributed by atoms with van der Waals surface area (Å²) in [5, 5.41) is 62.6. The van der Waals surface area contributed by atoms with Crippen molar-refractivity contribution in [2.24, 2.45) is 23.7 Å². The first-order chi connectivity index (χ1) is 30.0. The first kappa shape index (κ1) is 55.2. The van der Waals surface area contributed by atoms with E-state index < -0.39 is 124 Å². The summed E-state index contributed by atoms with van der Waals surface area (Å²) in [6.07, 6.45) is -10.6. The number of anilines is 1. The summed E-state index contributed by atoms with van der Waals surface area (Å²) in [5.41, 5.74) is -4.77. The molecule has 0 spiro atoms. The SMILES string of the molecule is CCC(=O)Nc1ccc(S(=O)(=O)N[C@@H]2[C@H](C)[C@@H](O)[C@](C)(O)[C@@H](CC)OC(=O)[C@H](C)[C@@H](O[C@H]3C[C@@](C)(OC)[C@@H](O)[C@H](C)O3)[C@H](C)[C@@H](O[C@@H]3O[C@H](C)C[C@H](N(C)C)[C@H]3O)[C@](C)(O)C[C@H]2C)cc1. The van der Waals surface area contributed by atoms with E-state index in [1.807, 2.05) is 25.9 Å². The summed E-state index contributed by atoms with van der Waals surface area (Å²) in [7, 11) is 0.739. The van der Waals surface area contributed by atoms with E-state index in [0.29, 0.717) is 12.1 Å². The Morgan fingerprint density at radius 2 is 1.52 bits per heavy atom. The Morgan fingerprint density at radius 3 is 2.08 bits per heavy atom. The lowest BCUT2D eigenvalue weighted by Gasteiger charge is -2.49. The molecule has 3 aliphatic heterocycles. The lowest BCUT2D eigenvalue weighted by Crippen LogP contribution is -2.62. The van der Waals surface area contributed by atoms with Crippen molar-refractivity contribution in [1.82, 2.24) is 9.62 Å². The van der Waals surface area contributed by atoms with Gasteiger partial charge in [0, 0.05) is 49.6 Å². The van der Waals surface area contributed by atoms with Gasteiger partial charge in [0.15, 0.2) is 12.6 Å². The number of cyclic esters (lactones) is 1. The second-order valence-electron chi connectivity index (χ2n) is 19.8. The van der Waals surface area contributed by atoms with Crippen molar-refractivity contribution in [3.05, 3.63) is 24.3 Å². The fourth-order valence-corrected chi connectivity index (χ4v) is 11.5. The Morgan fingerprint density at radius 1 is 0.908 bits per heavy atom. The van der Waals surface area contributed by atoms with E-state index in [-0.39, 0.29) is 42.6 Å². The third-order valence-electron chi connectivity index (χ3n) is 14.2. The van der Waals surface area contributed by atoms with Crippen LogP contribution in [0.15, 0.2) is 29.2 Å². The Kier molecular flexibility index (Phi) is 18.6. The van der Waals surface area contributed by atoms with Gasteiger partial charge in [-0.3, -0.25) is 9.59 Å². The average molecular weight is 946 g/mol. The maximum Gasteiger partial charge on any atom is 0.311 e. The summed E-state index contributed by atoms with van der Waals surface area (Å²) in [4.78, 5) is 28.2. The lowest BCUT2D eigenvalue weighted by atomic mass is 9.72. The second kappa shape index (κ2) is 21.9. The molecule has 3 saturated heterocycles. The summed E-state index contributed by atoms with van der Waals surface area (Å²) in [5.74, 6) is -5.05. The van der Waals surface area contributed by atoms with Gasteiger partial charge in [-0.25, -0.2) is 13.1 Å². The number of aliphatic hydroxyl groups is 5. The molecule has 1 aromatic carbocycles. The number of hydrogen-bond donors (Lipinski definition) is 7. The molecule has 4 rings (SSSR count). The van der Waals surface area contributed by atoms with Gasteiger partial charge in [0.25, 0.3) is 0 Å². The molecule has 65 heavy (non-hydrogen) atoms. The highest BCUT2D eigenvalue weighted by Crippen LogP contribution is 2.42. The standard InChI is InChI=1S/C46H79N3O15S/c1-15-33-46(11,56)39(52)26(5)36(48-65(57,58)31-19-17-30(18-20-31)47-34(50)16-2)24(3)22-44(9,55)41(64-43-37(51)32(49(12)13)21-25(4)60-43)27(6)38(28(7)42(54)62-33)63-35-23-45(10,59-14)40(53)29(8)61-35/h17-20,24-29,32-33,35-41,43,48,51-53,55-56H,15-16,21-23H2,1-14H3,(H,47,50)/t24-,25-,26+,27+,28-,29+,32+,33-,35+,36+,37-,38+,39-,40+,41-,43+,44-,45-,46-/m1/s1. The number of carbonyl (C=O) groups excluding carboxylic acids is 2. The van der Waals surface area contributed by atoms with E-state index in [9.17, 15) is 43.5 Å². The van der Waals surface area contributed by atoms with Crippen molar-refractivity contribution >= 4 is 27.6 Å². The fourth-order valence-electron chi connectivity index (χ4n) is 10.0. The molecular formula is C46H79N3O15S. The van der Waals surface area contributed by atoms with Crippen LogP contribution in [0.5, 0.6) is 0 Å². The molecule has 0 aliphatic carbocycles. The first-order valence-corrected chi connectivity index (χ1v) is 24.5. The molecule has 0 saturated carbocycles. The van der Waals surface area contributed by atoms with Crippen LogP contribution in [0.2, 0.25) is 0 Å². The Hall–Kier alpha value is -2.37. The molecule has 7 N–H and O–H groups in total. The van der Waals surface area contributed by atoms with Crippen LogP contribution >= 0.6 is 0 Å². The Labute approximate surface area is 386 Å². The molecule has 3 aliphatic rings. The lowest BCUT2D eigenvalue weighted by molar-refractivity contribution is -0.318. The second-order valence-corrected chi connectivity index (χ2v) is 21.5. The number of carbonyl (C=O) groups is 2. The molecule has 0 radical (unpaired) electrons. The molecule has 0 bridgehead atoms. The van der Waals surface area contributed by atoms with Crippen molar-refractivity contribution in [2.75, 3.05) is 26.5 Å². The van der Waals surface area contributed by atoms with E-state index >= 15 is 0 Å². The topological polar surface area (TPSA) is 252 Å². The van der Waals surface area contributed by atoms with E-state index in [1.54, 1.807) is 55.4 Å². The number of benzene rings is 1. The summed E-state index contributed by atoms with van der Waals surface area (Å²) >= 11 is 0. The molecular weight excluding hydrogens is 867 g/mol. The van der Waals surface area contributed by atoms with Crippen LogP contribution in [-0.4, -0.2) is 162 Å². The number of esters is 1. The minimum atomic E-state index is -4.38. The zero-order chi connectivity index (χ0) is 49.1. The highest BCUT2D eigenvalue weighted by molar-refractivity contribution is 7.89. The number of nitrogens with one attached hydrogen (secondary N) is 2. The van der Waals surface area contributed by atoms with Gasteiger partial charge in [-0.2, -0.15) is 0 Å². The molecule has 0 unspecified atom stereocenters. The van der Waals surface area contributed by atoms with Crippen LogP contribution in [0, 0.1) is 23.7 Å². The highest BCUT2D eigenvalue weighted by atomic mass is 32.2. The maximum atomic E-state index is 14.5. The first-order valence-electron chi connectivity index (χ1n) is 23.0. The molecule has 3 heterocycles. The van der Waals surface area contributed by atoms with Crippen LogP contribution in [0.3, 0.4) is 0 Å². The minimum Gasteiger partial charge on any atom is -0.459 e. The predicted octanol–water partition coefficient (Wildman–Crippen LogP) is 2.91. The number of methoxy groups -OCH3 is 1. The van der Waals surface area contributed by atoms with Crippen LogP contribution in [-0.2, 0) is 48.0 Å². The van der Waals surface area contributed by atoms with E-state index in [1.165, 1.54) is 45.2 Å². The van der Waals surface area contributed by atoms with E-state index in [2.05, 4.69) is 10.0 Å². The van der Waals surface area contributed by atoms with Gasteiger partial charge in [-0.05, 0) is 105 Å². The van der Waals surface area contributed by atoms with Crippen LogP contribution in [0.25, 0.3) is 0 Å². The minimum absolute atomic E-state index is 0.0414. The van der Waals surface area contributed by atoms with Crippen molar-refractivity contribution in [3.63, 3.8) is 0 Å². The summed E-state index contributed by atoms with van der Waals surface area (Å²) in [6.45, 7) is 18.0. The molecule has 19 atom stereocenters. The number of rotatable bonds is 12. The van der Waals surface area contributed by atoms with Crippen molar-refractivity contribution in [1.29, 1.82) is 0 Å². The molecule has 1 amide bonds. The summed E-state index contributed by atoms with van der Waals surface area (Å²) in [6, 6.07) is 3.99.